The quantitative estimate of drug-likeness (QED) is 0.573. The van der Waals surface area contributed by atoms with Gasteiger partial charge in [-0.25, -0.2) is 4.98 Å². The molecule has 6 nitrogen and oxygen atoms in total. The van der Waals surface area contributed by atoms with E-state index in [1.165, 1.54) is 12.8 Å². The van der Waals surface area contributed by atoms with Gasteiger partial charge in [0.2, 0.25) is 0 Å². The molecule has 0 radical (unpaired) electrons. The molecule has 0 amide bonds. The number of imidazole rings is 1. The molecule has 2 aliphatic rings. The Hall–Kier alpha value is -3.02. The van der Waals surface area contributed by atoms with Crippen LogP contribution in [0.25, 0.3) is 33.3 Å². The molecule has 1 aliphatic heterocycles. The second-order valence-electron chi connectivity index (χ2n) is 7.63. The van der Waals surface area contributed by atoms with Crippen molar-refractivity contribution < 1.29 is 4.74 Å². The number of anilines is 1. The highest BCUT2D eigenvalue weighted by Gasteiger charge is 2.23. The Balaban J connectivity index is 1.50. The third kappa shape index (κ3) is 2.55. The summed E-state index contributed by atoms with van der Waals surface area (Å²) in [5, 5.41) is 11.8. The molecule has 0 saturated heterocycles. The van der Waals surface area contributed by atoms with Gasteiger partial charge in [0, 0.05) is 35.8 Å². The summed E-state index contributed by atoms with van der Waals surface area (Å²) < 4.78 is 8.38. The van der Waals surface area contributed by atoms with E-state index >= 15 is 0 Å². The van der Waals surface area contributed by atoms with Crippen LogP contribution >= 0.6 is 0 Å². The Morgan fingerprint density at radius 1 is 1.22 bits per heavy atom. The van der Waals surface area contributed by atoms with E-state index in [2.05, 4.69) is 50.4 Å². The predicted octanol–water partition coefficient (Wildman–Crippen LogP) is 4.18. The van der Waals surface area contributed by atoms with E-state index in [1.807, 2.05) is 6.20 Å². The summed E-state index contributed by atoms with van der Waals surface area (Å²) in [4.78, 5) is 5.00. The van der Waals surface area contributed by atoms with Gasteiger partial charge in [-0.3, -0.25) is 5.10 Å². The van der Waals surface area contributed by atoms with Gasteiger partial charge in [0.1, 0.15) is 17.1 Å². The maximum atomic E-state index is 6.07. The van der Waals surface area contributed by atoms with Gasteiger partial charge < -0.3 is 14.6 Å². The van der Waals surface area contributed by atoms with Crippen molar-refractivity contribution in [2.45, 2.75) is 25.8 Å². The van der Waals surface area contributed by atoms with Gasteiger partial charge >= 0.3 is 0 Å². The third-order valence-corrected chi connectivity index (χ3v) is 5.58. The lowest BCUT2D eigenvalue weighted by Gasteiger charge is -2.10. The topological polar surface area (TPSA) is 67.8 Å². The molecule has 0 unspecified atom stereocenters. The van der Waals surface area contributed by atoms with Crippen LogP contribution in [0.2, 0.25) is 0 Å². The van der Waals surface area contributed by atoms with Crippen molar-refractivity contribution in [1.82, 2.24) is 19.7 Å². The number of aromatic nitrogens is 4. The summed E-state index contributed by atoms with van der Waals surface area (Å²) >= 11 is 0. The number of fused-ring (bicyclic) bond motifs is 1. The van der Waals surface area contributed by atoms with Gasteiger partial charge in [0.15, 0.2) is 0 Å². The number of hydrogen-bond donors (Lipinski definition) is 2. The van der Waals surface area contributed by atoms with Crippen LogP contribution in [-0.2, 0) is 6.54 Å². The highest BCUT2D eigenvalue weighted by atomic mass is 16.5. The molecule has 136 valence electrons. The molecule has 1 saturated carbocycles. The zero-order valence-electron chi connectivity index (χ0n) is 15.0. The van der Waals surface area contributed by atoms with Gasteiger partial charge in [-0.1, -0.05) is 0 Å². The van der Waals surface area contributed by atoms with Crippen molar-refractivity contribution >= 4 is 27.6 Å². The first-order chi connectivity index (χ1) is 13.3. The lowest BCUT2D eigenvalue weighted by atomic mass is 10.1. The molecule has 6 rings (SSSR count). The van der Waals surface area contributed by atoms with Crippen molar-refractivity contribution in [1.29, 1.82) is 0 Å². The van der Waals surface area contributed by atoms with Crippen molar-refractivity contribution in [3.05, 3.63) is 36.5 Å². The number of H-pyrrole nitrogens is 1. The van der Waals surface area contributed by atoms with Crippen LogP contribution in [0.3, 0.4) is 0 Å². The van der Waals surface area contributed by atoms with Crippen LogP contribution in [0.5, 0.6) is 5.75 Å². The first kappa shape index (κ1) is 15.1. The number of ether oxygens (including phenoxy) is 1. The fraction of sp³-hybridized carbons (Fsp3) is 0.333. The smallest absolute Gasteiger partial charge is 0.147 e. The first-order valence-electron chi connectivity index (χ1n) is 9.69. The van der Waals surface area contributed by atoms with Crippen LogP contribution in [-0.4, -0.2) is 32.9 Å². The van der Waals surface area contributed by atoms with E-state index in [4.69, 9.17) is 9.72 Å². The molecule has 1 aliphatic carbocycles. The van der Waals surface area contributed by atoms with E-state index in [0.717, 1.165) is 76.8 Å². The second-order valence-corrected chi connectivity index (χ2v) is 7.63. The molecular weight excluding hydrogens is 338 g/mol. The molecule has 1 fully saturated rings. The van der Waals surface area contributed by atoms with E-state index in [0.29, 0.717) is 0 Å². The zero-order chi connectivity index (χ0) is 17.8. The number of hydrogen-bond acceptors (Lipinski definition) is 4. The molecule has 0 spiro atoms. The standard InChI is InChI=1S/C21H21N5O/c1-6-26-20-18(9-16(10-19(20)27-7-1)22-11-13-2-3-13)24-21(26)14-4-5-17-15(8-14)12-23-25-17/h4-5,8-10,12-13,22H,1-3,6-7,11H2,(H,23,25). The highest BCUT2D eigenvalue weighted by molar-refractivity contribution is 5.91. The lowest BCUT2D eigenvalue weighted by Crippen LogP contribution is -2.03. The Bertz CT molecular complexity index is 1150. The summed E-state index contributed by atoms with van der Waals surface area (Å²) in [6.45, 7) is 2.69. The van der Waals surface area contributed by atoms with Crippen molar-refractivity contribution in [2.24, 2.45) is 5.92 Å². The van der Waals surface area contributed by atoms with Crippen molar-refractivity contribution in [3.63, 3.8) is 0 Å². The molecule has 2 aromatic heterocycles. The van der Waals surface area contributed by atoms with Crippen molar-refractivity contribution in [3.8, 4) is 17.1 Å². The minimum absolute atomic E-state index is 0.739. The molecule has 4 aromatic rings. The van der Waals surface area contributed by atoms with E-state index in [9.17, 15) is 0 Å². The summed E-state index contributed by atoms with van der Waals surface area (Å²) in [5.41, 5.74) is 5.36. The highest BCUT2D eigenvalue weighted by Crippen LogP contribution is 2.37. The van der Waals surface area contributed by atoms with Gasteiger partial charge in [0.25, 0.3) is 0 Å². The lowest BCUT2D eigenvalue weighted by molar-refractivity contribution is 0.316. The fourth-order valence-electron chi connectivity index (χ4n) is 3.95. The number of benzene rings is 2. The van der Waals surface area contributed by atoms with Crippen LogP contribution < -0.4 is 10.1 Å². The second kappa shape index (κ2) is 5.74. The van der Waals surface area contributed by atoms with Crippen molar-refractivity contribution in [2.75, 3.05) is 18.5 Å². The molecular formula is C21H21N5O. The average molecular weight is 359 g/mol. The maximum Gasteiger partial charge on any atom is 0.147 e. The molecule has 27 heavy (non-hydrogen) atoms. The minimum atomic E-state index is 0.739. The Morgan fingerprint density at radius 2 is 2.19 bits per heavy atom. The van der Waals surface area contributed by atoms with E-state index < -0.39 is 0 Å². The van der Waals surface area contributed by atoms with Crippen LogP contribution in [0.4, 0.5) is 5.69 Å². The van der Waals surface area contributed by atoms with E-state index in [-0.39, 0.29) is 0 Å². The molecule has 2 aromatic carbocycles. The van der Waals surface area contributed by atoms with Crippen LogP contribution in [0, 0.1) is 5.92 Å². The zero-order valence-corrected chi connectivity index (χ0v) is 15.0. The number of aromatic amines is 1. The van der Waals surface area contributed by atoms with Gasteiger partial charge in [-0.15, -0.1) is 0 Å². The number of rotatable bonds is 4. The summed E-state index contributed by atoms with van der Waals surface area (Å²) in [6.07, 6.45) is 5.52. The molecule has 2 N–H and O–H groups in total. The largest absolute Gasteiger partial charge is 0.491 e. The number of aryl methyl sites for hydroxylation is 1. The fourth-order valence-corrected chi connectivity index (χ4v) is 3.95. The summed E-state index contributed by atoms with van der Waals surface area (Å²) in [7, 11) is 0. The number of nitrogens with one attached hydrogen (secondary N) is 2. The summed E-state index contributed by atoms with van der Waals surface area (Å²) in [5.74, 6) is 2.76. The Kier molecular flexibility index (Phi) is 3.21. The molecule has 0 bridgehead atoms. The average Bonchev–Trinajstić information content (AvgIpc) is 3.33. The van der Waals surface area contributed by atoms with E-state index in [1.54, 1.807) is 0 Å². The first-order valence-corrected chi connectivity index (χ1v) is 9.69. The van der Waals surface area contributed by atoms with Crippen LogP contribution in [0.1, 0.15) is 19.3 Å². The molecule has 6 heteroatoms. The predicted molar refractivity (Wildman–Crippen MR) is 106 cm³/mol. The van der Waals surface area contributed by atoms with Crippen LogP contribution in [0.15, 0.2) is 36.5 Å². The maximum absolute atomic E-state index is 6.07. The number of nitrogens with zero attached hydrogens (tertiary/aromatic N) is 3. The Labute approximate surface area is 156 Å². The van der Waals surface area contributed by atoms with Gasteiger partial charge in [-0.05, 0) is 49.4 Å². The Morgan fingerprint density at radius 3 is 3.11 bits per heavy atom. The monoisotopic (exact) mass is 359 g/mol. The molecule has 0 atom stereocenters. The SMILES string of the molecule is c1cc2[nH]ncc2cc1-c1nc2cc(NCC3CC3)cc3c2n1CCCO3. The third-order valence-electron chi connectivity index (χ3n) is 5.58. The normalized spacial score (nSPS) is 16.4. The summed E-state index contributed by atoms with van der Waals surface area (Å²) in [6, 6.07) is 10.6. The molecule has 3 heterocycles. The minimum Gasteiger partial charge on any atom is -0.491 e. The van der Waals surface area contributed by atoms with Gasteiger partial charge in [-0.2, -0.15) is 5.10 Å². The van der Waals surface area contributed by atoms with Gasteiger partial charge in [0.05, 0.1) is 23.8 Å².